The molecule has 0 saturated carbocycles. The average molecular weight is 734 g/mol. The quantitative estimate of drug-likeness (QED) is 0.0605. The molecule has 1 amide bonds. The van der Waals surface area contributed by atoms with E-state index in [2.05, 4.69) is 18.3 Å². The van der Waals surface area contributed by atoms with E-state index < -0.39 is 16.4 Å². The third-order valence-electron chi connectivity index (χ3n) is 7.96. The molecule has 18 heteroatoms. The van der Waals surface area contributed by atoms with Gasteiger partial charge < -0.3 is 14.4 Å². The molecule has 1 aliphatic rings. The number of carbonyl (C=O) groups excluding carboxylic acids is 1. The molecule has 0 fully saturated rings. The Hall–Kier alpha value is -4.55. The fourth-order valence-corrected chi connectivity index (χ4v) is 6.62. The molecule has 5 heterocycles. The second-order valence-electron chi connectivity index (χ2n) is 11.8. The van der Waals surface area contributed by atoms with Gasteiger partial charge in [0.15, 0.2) is 0 Å². The minimum absolute atomic E-state index is 0.167. The SMILES string of the molecule is CC.[B]C([B])([B])OCCOC=C.[B]C([B])([B])n1ncc2cc(-c3nc(-c4cc5n(n4)CCN(C(=O)C=C)C5)c(C(C)=C(F)/C=C/F)c4sccc34)ccc21. The van der Waals surface area contributed by atoms with E-state index in [1.54, 1.807) is 18.0 Å². The number of amides is 1. The van der Waals surface area contributed by atoms with Crippen LogP contribution < -0.4 is 0 Å². The van der Waals surface area contributed by atoms with Crippen molar-refractivity contribution >= 4 is 90.9 Å². The summed E-state index contributed by atoms with van der Waals surface area (Å²) in [5, 5.41) is 9.24. The number of fused-ring (bicyclic) bond motifs is 3. The number of rotatable bonds is 11. The summed E-state index contributed by atoms with van der Waals surface area (Å²) in [5.74, 6) is -0.892. The Morgan fingerprint density at radius 1 is 1.06 bits per heavy atom. The predicted molar refractivity (Wildman–Crippen MR) is 218 cm³/mol. The van der Waals surface area contributed by atoms with E-state index in [4.69, 9.17) is 66.6 Å². The number of allylic oxidation sites excluding steroid dienone is 3. The minimum Gasteiger partial charge on any atom is -0.499 e. The molecule has 6 rings (SSSR count). The van der Waals surface area contributed by atoms with Gasteiger partial charge in [-0.25, -0.2) is 13.8 Å². The van der Waals surface area contributed by atoms with Crippen molar-refractivity contribution in [3.05, 3.63) is 96.9 Å². The standard InChI is InChI=1S/C29H21B3F2N6OS.C5H7B3O2.C2H6/c1-3-24(41)38-9-10-39-19(15-38)13-22(37-39)27-25(16(2)21(34)6-8-33)28-20(7-11-42-28)26(36-27)17-4-5-23-18(12-17)14-35-40(23)29(30,31)32;1-2-9-3-4-10-5(6,7)8;1-2/h3-8,11-14H,1,9-10,15H2,2H3;2H,1,3-4H2;1-2H3/b8-6+,21-16?;;. The Morgan fingerprint density at radius 3 is 2.44 bits per heavy atom. The largest absolute Gasteiger partial charge is 0.499 e. The van der Waals surface area contributed by atoms with Gasteiger partial charge in [-0.2, -0.15) is 10.2 Å². The molecule has 1 aromatic carbocycles. The van der Waals surface area contributed by atoms with Crippen molar-refractivity contribution < 1.29 is 23.0 Å². The van der Waals surface area contributed by atoms with Gasteiger partial charge in [-0.15, -0.1) is 11.3 Å². The molecule has 12 radical (unpaired) electrons. The molecule has 0 bridgehead atoms. The molecule has 0 unspecified atom stereocenters. The van der Waals surface area contributed by atoms with Crippen molar-refractivity contribution in [2.75, 3.05) is 19.8 Å². The number of pyridine rings is 1. The van der Waals surface area contributed by atoms with Crippen LogP contribution in [0.3, 0.4) is 0 Å². The summed E-state index contributed by atoms with van der Waals surface area (Å²) in [5.41, 5.74) is 4.54. The summed E-state index contributed by atoms with van der Waals surface area (Å²) < 4.78 is 41.5. The molecular weight excluding hydrogens is 699 g/mol. The molecule has 4 aromatic heterocycles. The van der Waals surface area contributed by atoms with E-state index in [1.165, 1.54) is 28.4 Å². The molecule has 0 saturated heterocycles. The lowest BCUT2D eigenvalue weighted by atomic mass is 9.49. The normalized spacial score (nSPS) is 13.4. The molecular formula is C36H34B6F2N6O3S. The number of hydrogen-bond donors (Lipinski definition) is 0. The molecule has 9 nitrogen and oxygen atoms in total. The highest BCUT2D eigenvalue weighted by Gasteiger charge is 2.26. The fraction of sp³-hybridized carbons (Fsp3) is 0.278. The number of thiophene rings is 1. The molecule has 0 spiro atoms. The van der Waals surface area contributed by atoms with Gasteiger partial charge in [0.05, 0.1) is 102 Å². The van der Waals surface area contributed by atoms with Crippen LogP contribution in [0, 0.1) is 0 Å². The fourth-order valence-electron chi connectivity index (χ4n) is 5.62. The molecule has 5 aromatic rings. The lowest BCUT2D eigenvalue weighted by Crippen LogP contribution is -2.37. The molecule has 0 atom stereocenters. The molecule has 54 heavy (non-hydrogen) atoms. The Morgan fingerprint density at radius 2 is 1.80 bits per heavy atom. The summed E-state index contributed by atoms with van der Waals surface area (Å²) in [6, 6.07) is 9.34. The second kappa shape index (κ2) is 18.2. The maximum atomic E-state index is 15.1. The first-order chi connectivity index (χ1) is 25.7. The van der Waals surface area contributed by atoms with Gasteiger partial charge in [-0.3, -0.25) is 14.2 Å². The highest BCUT2D eigenvalue weighted by atomic mass is 32.1. The van der Waals surface area contributed by atoms with E-state index in [0.717, 1.165) is 32.8 Å². The average Bonchev–Trinajstić information content (AvgIpc) is 3.91. The van der Waals surface area contributed by atoms with Crippen LogP contribution >= 0.6 is 11.3 Å². The van der Waals surface area contributed by atoms with Crippen LogP contribution in [-0.4, -0.2) is 107 Å². The summed E-state index contributed by atoms with van der Waals surface area (Å²) in [6.45, 7) is 14.4. The first-order valence-electron chi connectivity index (χ1n) is 16.8. The third-order valence-corrected chi connectivity index (χ3v) is 8.89. The Kier molecular flexibility index (Phi) is 14.2. The van der Waals surface area contributed by atoms with Crippen LogP contribution in [0.5, 0.6) is 0 Å². The number of carbonyl (C=O) groups is 1. The number of ether oxygens (including phenoxy) is 2. The van der Waals surface area contributed by atoms with Crippen LogP contribution in [0.25, 0.3) is 49.2 Å². The zero-order valence-corrected chi connectivity index (χ0v) is 31.2. The van der Waals surface area contributed by atoms with E-state index in [0.29, 0.717) is 54.4 Å². The van der Waals surface area contributed by atoms with Crippen molar-refractivity contribution in [1.82, 2.24) is 29.4 Å². The van der Waals surface area contributed by atoms with Gasteiger partial charge in [-0.1, -0.05) is 33.1 Å². The van der Waals surface area contributed by atoms with Gasteiger partial charge in [-0.05, 0) is 58.8 Å². The number of halogens is 2. The first-order valence-corrected chi connectivity index (χ1v) is 17.7. The Labute approximate surface area is 326 Å². The first kappa shape index (κ1) is 42.2. The second-order valence-corrected chi connectivity index (χ2v) is 12.7. The van der Waals surface area contributed by atoms with Crippen LogP contribution in [-0.2, 0) is 32.6 Å². The highest BCUT2D eigenvalue weighted by Crippen LogP contribution is 2.42. The minimum atomic E-state index is -1.68. The van der Waals surface area contributed by atoms with Crippen molar-refractivity contribution in [1.29, 1.82) is 0 Å². The van der Waals surface area contributed by atoms with Crippen LogP contribution in [0.1, 0.15) is 32.0 Å². The van der Waals surface area contributed by atoms with Crippen molar-refractivity contribution in [3.8, 4) is 22.6 Å². The van der Waals surface area contributed by atoms with Crippen molar-refractivity contribution in [3.63, 3.8) is 0 Å². The van der Waals surface area contributed by atoms with Gasteiger partial charge in [0.1, 0.15) is 23.8 Å². The summed E-state index contributed by atoms with van der Waals surface area (Å²) >= 11 is 1.43. The van der Waals surface area contributed by atoms with Crippen molar-refractivity contribution in [2.45, 2.75) is 44.4 Å². The van der Waals surface area contributed by atoms with Gasteiger partial charge in [0, 0.05) is 39.2 Å². The smallest absolute Gasteiger partial charge is 0.246 e. The lowest BCUT2D eigenvalue weighted by molar-refractivity contribution is -0.127. The van der Waals surface area contributed by atoms with E-state index >= 15 is 4.39 Å². The molecule has 264 valence electrons. The highest BCUT2D eigenvalue weighted by molar-refractivity contribution is 7.17. The number of aromatic nitrogens is 5. The van der Waals surface area contributed by atoms with Crippen LogP contribution in [0.15, 0.2) is 85.6 Å². The van der Waals surface area contributed by atoms with Gasteiger partial charge in [0.25, 0.3) is 0 Å². The summed E-state index contributed by atoms with van der Waals surface area (Å²) in [6.07, 6.45) is 5.15. The monoisotopic (exact) mass is 734 g/mol. The topological polar surface area (TPSA) is 87.3 Å². The van der Waals surface area contributed by atoms with Crippen LogP contribution in [0.2, 0.25) is 0 Å². The van der Waals surface area contributed by atoms with E-state index in [1.807, 2.05) is 54.2 Å². The van der Waals surface area contributed by atoms with Gasteiger partial charge in [0.2, 0.25) is 5.91 Å². The Bertz CT molecular complexity index is 2190. The maximum absolute atomic E-state index is 15.1. The Balaban J connectivity index is 0.000000472. The van der Waals surface area contributed by atoms with Gasteiger partial charge >= 0.3 is 0 Å². The molecule has 0 N–H and O–H groups in total. The number of nitrogens with zero attached hydrogens (tertiary/aromatic N) is 6. The van der Waals surface area contributed by atoms with Crippen LogP contribution in [0.4, 0.5) is 8.78 Å². The summed E-state index contributed by atoms with van der Waals surface area (Å²) in [7, 11) is 32.8. The number of benzene rings is 1. The number of hydrogen-bond acceptors (Lipinski definition) is 7. The van der Waals surface area contributed by atoms with E-state index in [-0.39, 0.29) is 24.4 Å². The lowest BCUT2D eigenvalue weighted by Gasteiger charge is -2.26. The predicted octanol–water partition coefficient (Wildman–Crippen LogP) is 5.27. The maximum Gasteiger partial charge on any atom is 0.246 e. The molecule has 1 aliphatic heterocycles. The molecule has 0 aliphatic carbocycles. The summed E-state index contributed by atoms with van der Waals surface area (Å²) in [4.78, 5) is 19.0. The third kappa shape index (κ3) is 9.75. The zero-order valence-electron chi connectivity index (χ0n) is 30.3. The zero-order chi connectivity index (χ0) is 39.8. The van der Waals surface area contributed by atoms with E-state index in [9.17, 15) is 9.18 Å². The van der Waals surface area contributed by atoms with Crippen molar-refractivity contribution in [2.24, 2.45) is 0 Å².